The number of hydrogen-bond acceptors (Lipinski definition) is 4. The second-order valence-electron chi connectivity index (χ2n) is 7.46. The molecule has 3 aliphatic heterocycles. The molecular formula is C22H27ClN2O2. The van der Waals surface area contributed by atoms with E-state index in [4.69, 9.17) is 21.1 Å². The summed E-state index contributed by atoms with van der Waals surface area (Å²) in [4.78, 5) is 2.61. The highest BCUT2D eigenvalue weighted by Gasteiger charge is 2.42. The SMILES string of the molecule is COc1ccc(CN[C@H]2C3CCN(CC3)[C@@H]2c2cccc(Cl)c2)c(OC)c1. The first-order valence-corrected chi connectivity index (χ1v) is 10.0. The summed E-state index contributed by atoms with van der Waals surface area (Å²) in [5.74, 6) is 2.38. The van der Waals surface area contributed by atoms with E-state index in [9.17, 15) is 0 Å². The molecule has 144 valence electrons. The number of methoxy groups -OCH3 is 2. The lowest BCUT2D eigenvalue weighted by Crippen LogP contribution is -2.57. The van der Waals surface area contributed by atoms with Crippen LogP contribution in [0.4, 0.5) is 0 Å². The van der Waals surface area contributed by atoms with Crippen LogP contribution < -0.4 is 14.8 Å². The molecule has 3 fully saturated rings. The molecule has 0 saturated carbocycles. The molecule has 0 aliphatic carbocycles. The van der Waals surface area contributed by atoms with Gasteiger partial charge in [0.2, 0.25) is 0 Å². The van der Waals surface area contributed by atoms with Crippen molar-refractivity contribution in [3.8, 4) is 11.5 Å². The fourth-order valence-corrected chi connectivity index (χ4v) is 4.85. The predicted octanol–water partition coefficient (Wildman–Crippen LogP) is 4.28. The van der Waals surface area contributed by atoms with E-state index in [0.29, 0.717) is 18.0 Å². The van der Waals surface area contributed by atoms with E-state index in [2.05, 4.69) is 34.5 Å². The van der Waals surface area contributed by atoms with Crippen LogP contribution in [0.25, 0.3) is 0 Å². The Labute approximate surface area is 166 Å². The Morgan fingerprint density at radius 1 is 1.07 bits per heavy atom. The molecule has 3 saturated heterocycles. The first kappa shape index (κ1) is 18.6. The average molecular weight is 387 g/mol. The second kappa shape index (κ2) is 8.09. The van der Waals surface area contributed by atoms with Crippen molar-refractivity contribution < 1.29 is 9.47 Å². The van der Waals surface area contributed by atoms with Crippen LogP contribution in [0.2, 0.25) is 5.02 Å². The second-order valence-corrected chi connectivity index (χ2v) is 7.89. The van der Waals surface area contributed by atoms with Crippen LogP contribution in [0.1, 0.15) is 30.0 Å². The Kier molecular flexibility index (Phi) is 5.58. The van der Waals surface area contributed by atoms with Crippen molar-refractivity contribution in [2.75, 3.05) is 27.3 Å². The fourth-order valence-electron chi connectivity index (χ4n) is 4.65. The lowest BCUT2D eigenvalue weighted by molar-refractivity contribution is 0.0112. The Morgan fingerprint density at radius 2 is 1.89 bits per heavy atom. The molecular weight excluding hydrogens is 360 g/mol. The molecule has 1 N–H and O–H groups in total. The van der Waals surface area contributed by atoms with E-state index < -0.39 is 0 Å². The molecule has 0 amide bonds. The molecule has 0 radical (unpaired) electrons. The summed E-state index contributed by atoms with van der Waals surface area (Å²) in [6, 6.07) is 15.2. The van der Waals surface area contributed by atoms with Crippen LogP contribution in [0.15, 0.2) is 42.5 Å². The van der Waals surface area contributed by atoms with Crippen molar-refractivity contribution in [1.29, 1.82) is 0 Å². The third-order valence-electron chi connectivity index (χ3n) is 6.03. The highest BCUT2D eigenvalue weighted by Crippen LogP contribution is 2.41. The summed E-state index contributed by atoms with van der Waals surface area (Å²) in [5.41, 5.74) is 2.46. The van der Waals surface area contributed by atoms with Crippen molar-refractivity contribution in [2.24, 2.45) is 5.92 Å². The van der Waals surface area contributed by atoms with Crippen molar-refractivity contribution in [2.45, 2.75) is 31.5 Å². The topological polar surface area (TPSA) is 33.7 Å². The minimum absolute atomic E-state index is 0.375. The lowest BCUT2D eigenvalue weighted by Gasteiger charge is -2.51. The van der Waals surface area contributed by atoms with Crippen molar-refractivity contribution in [1.82, 2.24) is 10.2 Å². The number of benzene rings is 2. The summed E-state index contributed by atoms with van der Waals surface area (Å²) in [6.45, 7) is 3.12. The molecule has 0 aromatic heterocycles. The predicted molar refractivity (Wildman–Crippen MR) is 109 cm³/mol. The maximum Gasteiger partial charge on any atom is 0.127 e. The zero-order chi connectivity index (χ0) is 18.8. The highest BCUT2D eigenvalue weighted by atomic mass is 35.5. The van der Waals surface area contributed by atoms with Crippen molar-refractivity contribution in [3.05, 3.63) is 58.6 Å². The van der Waals surface area contributed by atoms with Crippen LogP contribution in [0.5, 0.6) is 11.5 Å². The summed E-state index contributed by atoms with van der Waals surface area (Å²) in [7, 11) is 3.39. The van der Waals surface area contributed by atoms with Gasteiger partial charge in [-0.1, -0.05) is 29.8 Å². The fraction of sp³-hybridized carbons (Fsp3) is 0.455. The smallest absolute Gasteiger partial charge is 0.127 e. The van der Waals surface area contributed by atoms with Crippen LogP contribution in [-0.2, 0) is 6.54 Å². The first-order chi connectivity index (χ1) is 13.2. The summed E-state index contributed by atoms with van der Waals surface area (Å²) >= 11 is 6.29. The minimum atomic E-state index is 0.375. The number of halogens is 1. The zero-order valence-corrected chi connectivity index (χ0v) is 16.7. The molecule has 0 spiro atoms. The molecule has 27 heavy (non-hydrogen) atoms. The van der Waals surface area contributed by atoms with E-state index in [1.54, 1.807) is 14.2 Å². The maximum atomic E-state index is 6.29. The summed E-state index contributed by atoms with van der Waals surface area (Å²) in [6.07, 6.45) is 2.52. The molecule has 2 aromatic rings. The van der Waals surface area contributed by atoms with Crippen LogP contribution in [0, 0.1) is 5.92 Å². The summed E-state index contributed by atoms with van der Waals surface area (Å²) in [5, 5.41) is 4.65. The number of nitrogens with one attached hydrogen (secondary N) is 1. The van der Waals surface area contributed by atoms with E-state index in [1.165, 1.54) is 31.5 Å². The van der Waals surface area contributed by atoms with Crippen LogP contribution in [-0.4, -0.2) is 38.3 Å². The van der Waals surface area contributed by atoms with Gasteiger partial charge in [0.25, 0.3) is 0 Å². The van der Waals surface area contributed by atoms with Crippen molar-refractivity contribution >= 4 is 11.6 Å². The third kappa shape index (κ3) is 3.79. The molecule has 2 atom stereocenters. The van der Waals surface area contributed by atoms with Gasteiger partial charge in [0.1, 0.15) is 11.5 Å². The zero-order valence-electron chi connectivity index (χ0n) is 16.0. The highest BCUT2D eigenvalue weighted by molar-refractivity contribution is 6.30. The van der Waals surface area contributed by atoms with Gasteiger partial charge in [-0.15, -0.1) is 0 Å². The Balaban J connectivity index is 1.56. The standard InChI is InChI=1S/C22H27ClN2O2/c1-26-19-7-6-17(20(13-19)27-2)14-24-21-15-8-10-25(11-9-15)22(21)16-4-3-5-18(23)12-16/h3-7,12-13,15,21-22,24H,8-11,14H2,1-2H3/t21-,22+/m0/s1. The maximum absolute atomic E-state index is 6.29. The molecule has 3 heterocycles. The first-order valence-electron chi connectivity index (χ1n) is 9.63. The number of ether oxygens (including phenoxy) is 2. The molecule has 5 rings (SSSR count). The Bertz CT molecular complexity index is 790. The summed E-state index contributed by atoms with van der Waals surface area (Å²) < 4.78 is 10.9. The molecule has 2 aromatic carbocycles. The molecule has 3 aliphatic rings. The van der Waals surface area contributed by atoms with Gasteiger partial charge in [0.15, 0.2) is 0 Å². The molecule has 2 bridgehead atoms. The van der Waals surface area contributed by atoms with Gasteiger partial charge < -0.3 is 14.8 Å². The van der Waals surface area contributed by atoms with E-state index in [0.717, 1.165) is 28.6 Å². The number of rotatable bonds is 6. The quantitative estimate of drug-likeness (QED) is 0.803. The lowest BCUT2D eigenvalue weighted by atomic mass is 9.76. The number of piperidine rings is 3. The van der Waals surface area contributed by atoms with E-state index in [1.807, 2.05) is 18.2 Å². The average Bonchev–Trinajstić information content (AvgIpc) is 2.72. The number of fused-ring (bicyclic) bond motifs is 3. The normalized spacial score (nSPS) is 26.8. The van der Waals surface area contributed by atoms with Gasteiger partial charge in [0.05, 0.1) is 20.3 Å². The van der Waals surface area contributed by atoms with Crippen LogP contribution in [0.3, 0.4) is 0 Å². The van der Waals surface area contributed by atoms with E-state index >= 15 is 0 Å². The monoisotopic (exact) mass is 386 g/mol. The number of hydrogen-bond donors (Lipinski definition) is 1. The largest absolute Gasteiger partial charge is 0.497 e. The van der Waals surface area contributed by atoms with E-state index in [-0.39, 0.29) is 0 Å². The van der Waals surface area contributed by atoms with Gasteiger partial charge >= 0.3 is 0 Å². The van der Waals surface area contributed by atoms with Gasteiger partial charge in [-0.05, 0) is 55.6 Å². The van der Waals surface area contributed by atoms with Crippen molar-refractivity contribution in [3.63, 3.8) is 0 Å². The molecule has 0 unspecified atom stereocenters. The Hall–Kier alpha value is -1.75. The third-order valence-corrected chi connectivity index (χ3v) is 6.26. The van der Waals surface area contributed by atoms with Gasteiger partial charge in [-0.3, -0.25) is 4.90 Å². The minimum Gasteiger partial charge on any atom is -0.497 e. The molecule has 4 nitrogen and oxygen atoms in total. The van der Waals surface area contributed by atoms with Gasteiger partial charge in [-0.2, -0.15) is 0 Å². The van der Waals surface area contributed by atoms with Gasteiger partial charge in [-0.25, -0.2) is 0 Å². The molecule has 5 heteroatoms. The van der Waals surface area contributed by atoms with Gasteiger partial charge in [0, 0.05) is 29.2 Å². The Morgan fingerprint density at radius 3 is 2.59 bits per heavy atom. The number of nitrogens with zero attached hydrogens (tertiary/aromatic N) is 1. The van der Waals surface area contributed by atoms with Crippen LogP contribution >= 0.6 is 11.6 Å².